The molecule has 0 aliphatic carbocycles. The first-order valence-corrected chi connectivity index (χ1v) is 4.72. The largest absolute Gasteiger partial charge is 0.327 e. The molecule has 72 valence electrons. The van der Waals surface area contributed by atoms with Crippen molar-refractivity contribution in [2.75, 3.05) is 0 Å². The van der Waals surface area contributed by atoms with Crippen LogP contribution in [0.25, 0.3) is 0 Å². The minimum Gasteiger partial charge on any atom is -0.327 e. The first-order chi connectivity index (χ1) is 6.22. The number of benzene rings is 1. The van der Waals surface area contributed by atoms with E-state index in [9.17, 15) is 4.39 Å². The summed E-state index contributed by atoms with van der Waals surface area (Å²) in [6, 6.07) is 6.76. The molecule has 0 amide bonds. The molecule has 0 spiro atoms. The predicted octanol–water partition coefficient (Wildman–Crippen LogP) is 2.50. The molecule has 1 rings (SSSR count). The Labute approximate surface area is 78.8 Å². The normalized spacial score (nSPS) is 12.8. The average molecular weight is 181 g/mol. The van der Waals surface area contributed by atoms with Gasteiger partial charge in [-0.2, -0.15) is 0 Å². The van der Waals surface area contributed by atoms with Gasteiger partial charge in [-0.1, -0.05) is 25.5 Å². The van der Waals surface area contributed by atoms with E-state index < -0.39 is 0 Å². The summed E-state index contributed by atoms with van der Waals surface area (Å²) in [6.07, 6.45) is 2.97. The topological polar surface area (TPSA) is 26.0 Å². The highest BCUT2D eigenvalue weighted by atomic mass is 19.1. The number of halogens is 1. The lowest BCUT2D eigenvalue weighted by Crippen LogP contribution is -2.22. The zero-order valence-electron chi connectivity index (χ0n) is 7.96. The summed E-state index contributed by atoms with van der Waals surface area (Å²) in [4.78, 5) is 0. The highest BCUT2D eigenvalue weighted by molar-refractivity contribution is 5.16. The lowest BCUT2D eigenvalue weighted by Gasteiger charge is -2.09. The Hall–Kier alpha value is -0.890. The van der Waals surface area contributed by atoms with Crippen LogP contribution in [0, 0.1) is 5.82 Å². The van der Waals surface area contributed by atoms with Crippen LogP contribution in [0.3, 0.4) is 0 Å². The van der Waals surface area contributed by atoms with E-state index in [0.29, 0.717) is 0 Å². The van der Waals surface area contributed by atoms with E-state index in [1.54, 1.807) is 12.1 Å². The fraction of sp³-hybridized carbons (Fsp3) is 0.455. The van der Waals surface area contributed by atoms with Crippen molar-refractivity contribution >= 4 is 0 Å². The summed E-state index contributed by atoms with van der Waals surface area (Å²) < 4.78 is 12.5. The molecule has 1 atom stereocenters. The third-order valence-corrected chi connectivity index (χ3v) is 2.07. The van der Waals surface area contributed by atoms with Gasteiger partial charge in [-0.05, 0) is 30.5 Å². The summed E-state index contributed by atoms with van der Waals surface area (Å²) in [5.41, 5.74) is 6.97. The molecule has 1 unspecified atom stereocenters. The van der Waals surface area contributed by atoms with Gasteiger partial charge in [-0.15, -0.1) is 0 Å². The van der Waals surface area contributed by atoms with Crippen LogP contribution >= 0.6 is 0 Å². The van der Waals surface area contributed by atoms with Crippen LogP contribution < -0.4 is 5.73 Å². The van der Waals surface area contributed by atoms with Gasteiger partial charge in [0.2, 0.25) is 0 Å². The maximum Gasteiger partial charge on any atom is 0.123 e. The van der Waals surface area contributed by atoms with Crippen molar-refractivity contribution in [1.29, 1.82) is 0 Å². The van der Waals surface area contributed by atoms with Crippen LogP contribution in [-0.2, 0) is 6.42 Å². The number of nitrogens with two attached hydrogens (primary N) is 1. The van der Waals surface area contributed by atoms with Crippen molar-refractivity contribution in [2.24, 2.45) is 5.73 Å². The third kappa shape index (κ3) is 3.55. The summed E-state index contributed by atoms with van der Waals surface area (Å²) in [6.45, 7) is 2.12. The molecule has 0 bridgehead atoms. The Morgan fingerprint density at radius 2 is 1.92 bits per heavy atom. The minimum absolute atomic E-state index is 0.187. The molecule has 0 radical (unpaired) electrons. The van der Waals surface area contributed by atoms with Crippen molar-refractivity contribution < 1.29 is 4.39 Å². The number of hydrogen-bond donors (Lipinski definition) is 1. The van der Waals surface area contributed by atoms with Crippen LogP contribution in [0.15, 0.2) is 24.3 Å². The van der Waals surface area contributed by atoms with E-state index in [1.807, 2.05) is 0 Å². The summed E-state index contributed by atoms with van der Waals surface area (Å²) in [7, 11) is 0. The van der Waals surface area contributed by atoms with Gasteiger partial charge in [0.25, 0.3) is 0 Å². The third-order valence-electron chi connectivity index (χ3n) is 2.07. The van der Waals surface area contributed by atoms with Crippen LogP contribution in [0.1, 0.15) is 25.3 Å². The molecular formula is C11H16FN. The molecule has 0 aromatic heterocycles. The molecule has 1 aromatic rings. The molecule has 0 saturated heterocycles. The van der Waals surface area contributed by atoms with E-state index in [1.165, 1.54) is 12.1 Å². The van der Waals surface area contributed by atoms with E-state index in [0.717, 1.165) is 24.8 Å². The van der Waals surface area contributed by atoms with Crippen molar-refractivity contribution in [3.05, 3.63) is 35.6 Å². The molecule has 0 aliphatic heterocycles. The van der Waals surface area contributed by atoms with Crippen LogP contribution in [0.2, 0.25) is 0 Å². The molecule has 0 fully saturated rings. The smallest absolute Gasteiger partial charge is 0.123 e. The second-order valence-electron chi connectivity index (χ2n) is 3.38. The number of hydrogen-bond acceptors (Lipinski definition) is 1. The molecule has 0 aliphatic rings. The first-order valence-electron chi connectivity index (χ1n) is 4.72. The summed E-state index contributed by atoms with van der Waals surface area (Å²) in [5, 5.41) is 0. The fourth-order valence-corrected chi connectivity index (χ4v) is 1.40. The quantitative estimate of drug-likeness (QED) is 0.758. The van der Waals surface area contributed by atoms with Crippen molar-refractivity contribution in [3.8, 4) is 0 Å². The van der Waals surface area contributed by atoms with E-state index in [4.69, 9.17) is 5.73 Å². The lowest BCUT2D eigenvalue weighted by molar-refractivity contribution is 0.596. The molecule has 1 aromatic carbocycles. The summed E-state index contributed by atoms with van der Waals surface area (Å²) >= 11 is 0. The van der Waals surface area contributed by atoms with Crippen molar-refractivity contribution in [1.82, 2.24) is 0 Å². The molecule has 0 saturated carbocycles. The van der Waals surface area contributed by atoms with Gasteiger partial charge in [0.05, 0.1) is 0 Å². The average Bonchev–Trinajstić information content (AvgIpc) is 2.09. The Balaban J connectivity index is 2.49. The minimum atomic E-state index is -0.187. The molecule has 2 N–H and O–H groups in total. The van der Waals surface area contributed by atoms with Gasteiger partial charge in [0.1, 0.15) is 5.82 Å². The van der Waals surface area contributed by atoms with Crippen molar-refractivity contribution in [2.45, 2.75) is 32.2 Å². The number of rotatable bonds is 4. The monoisotopic (exact) mass is 181 g/mol. The maximum absolute atomic E-state index is 12.5. The van der Waals surface area contributed by atoms with Gasteiger partial charge >= 0.3 is 0 Å². The second kappa shape index (κ2) is 4.97. The van der Waals surface area contributed by atoms with Gasteiger partial charge < -0.3 is 5.73 Å². The van der Waals surface area contributed by atoms with Crippen LogP contribution in [0.4, 0.5) is 4.39 Å². The van der Waals surface area contributed by atoms with Gasteiger partial charge in [-0.3, -0.25) is 0 Å². The Bertz CT molecular complexity index is 243. The van der Waals surface area contributed by atoms with Crippen LogP contribution in [-0.4, -0.2) is 6.04 Å². The molecular weight excluding hydrogens is 165 g/mol. The van der Waals surface area contributed by atoms with Crippen molar-refractivity contribution in [3.63, 3.8) is 0 Å². The molecule has 1 nitrogen and oxygen atoms in total. The fourth-order valence-electron chi connectivity index (χ4n) is 1.40. The zero-order valence-corrected chi connectivity index (χ0v) is 7.96. The Morgan fingerprint density at radius 1 is 1.31 bits per heavy atom. The predicted molar refractivity (Wildman–Crippen MR) is 53.0 cm³/mol. The van der Waals surface area contributed by atoms with E-state index >= 15 is 0 Å². The molecule has 2 heteroatoms. The first kappa shape index (κ1) is 10.2. The molecule has 13 heavy (non-hydrogen) atoms. The maximum atomic E-state index is 12.5. The zero-order chi connectivity index (χ0) is 9.68. The van der Waals surface area contributed by atoms with E-state index in [2.05, 4.69) is 6.92 Å². The Morgan fingerprint density at radius 3 is 2.46 bits per heavy atom. The standard InChI is InChI=1S/C11H16FN/c1-2-3-11(13)8-9-4-6-10(12)7-5-9/h4-7,11H,2-3,8,13H2,1H3. The van der Waals surface area contributed by atoms with Gasteiger partial charge in [0.15, 0.2) is 0 Å². The highest BCUT2D eigenvalue weighted by Gasteiger charge is 2.02. The SMILES string of the molecule is CCCC(N)Cc1ccc(F)cc1. The summed E-state index contributed by atoms with van der Waals surface area (Å²) in [5.74, 6) is -0.187. The lowest BCUT2D eigenvalue weighted by atomic mass is 10.0. The molecule has 0 heterocycles. The van der Waals surface area contributed by atoms with Gasteiger partial charge in [0, 0.05) is 6.04 Å². The second-order valence-corrected chi connectivity index (χ2v) is 3.38. The van der Waals surface area contributed by atoms with Crippen LogP contribution in [0.5, 0.6) is 0 Å². The highest BCUT2D eigenvalue weighted by Crippen LogP contribution is 2.07. The van der Waals surface area contributed by atoms with Gasteiger partial charge in [-0.25, -0.2) is 4.39 Å². The Kier molecular flexibility index (Phi) is 3.90. The van der Waals surface area contributed by atoms with E-state index in [-0.39, 0.29) is 11.9 Å².